The Labute approximate surface area is 169 Å². The highest BCUT2D eigenvalue weighted by Crippen LogP contribution is 2.77. The molecule has 6 aliphatic carbocycles. The molecule has 4 nitrogen and oxygen atoms in total. The van der Waals surface area contributed by atoms with E-state index < -0.39 is 5.60 Å². The Hall–Kier alpha value is -1.32. The van der Waals surface area contributed by atoms with Gasteiger partial charge in [-0.3, -0.25) is 9.59 Å². The molecule has 156 valence electrons. The number of carbonyl (C=O) groups is 2. The Morgan fingerprint density at radius 3 is 2.14 bits per heavy atom. The van der Waals surface area contributed by atoms with Crippen molar-refractivity contribution < 1.29 is 19.1 Å². The summed E-state index contributed by atoms with van der Waals surface area (Å²) in [5.41, 5.74) is 0.980. The molecular formula is C24H36O4. The molecule has 4 heteroatoms. The Kier molecular flexibility index (Phi) is 4.02. The highest BCUT2D eigenvalue weighted by atomic mass is 16.6. The van der Waals surface area contributed by atoms with Crippen molar-refractivity contribution in [2.75, 3.05) is 0 Å². The first-order valence-corrected chi connectivity index (χ1v) is 10.9. The average molecular weight is 389 g/mol. The molecule has 7 unspecified atom stereocenters. The van der Waals surface area contributed by atoms with Gasteiger partial charge in [-0.15, -0.1) is 0 Å². The maximum absolute atomic E-state index is 12.1. The lowest BCUT2D eigenvalue weighted by Crippen LogP contribution is -2.73. The molecule has 0 aromatic carbocycles. The fourth-order valence-electron chi connectivity index (χ4n) is 8.02. The van der Waals surface area contributed by atoms with Gasteiger partial charge in [-0.25, -0.2) is 0 Å². The highest BCUT2D eigenvalue weighted by molar-refractivity contribution is 5.68. The van der Waals surface area contributed by atoms with Crippen LogP contribution in [0.1, 0.15) is 74.7 Å². The molecule has 0 aromatic heterocycles. The van der Waals surface area contributed by atoms with Crippen molar-refractivity contribution in [1.82, 2.24) is 0 Å². The summed E-state index contributed by atoms with van der Waals surface area (Å²) in [5, 5.41) is 0. The quantitative estimate of drug-likeness (QED) is 0.509. The average Bonchev–Trinajstić information content (AvgIpc) is 2.52. The zero-order chi connectivity index (χ0) is 20.9. The summed E-state index contributed by atoms with van der Waals surface area (Å²) in [6, 6.07) is 0. The van der Waals surface area contributed by atoms with Crippen LogP contribution < -0.4 is 0 Å². The second kappa shape index (κ2) is 5.64. The lowest BCUT2D eigenvalue weighted by atomic mass is 9.30. The fraction of sp³-hybridized carbons (Fsp3) is 0.833. The van der Waals surface area contributed by atoms with Gasteiger partial charge in [-0.2, -0.15) is 0 Å². The first-order chi connectivity index (χ1) is 12.8. The monoisotopic (exact) mass is 388 g/mol. The summed E-state index contributed by atoms with van der Waals surface area (Å²) in [7, 11) is 0. The molecule has 0 radical (unpaired) electrons. The van der Waals surface area contributed by atoms with Crippen LogP contribution in [0.2, 0.25) is 0 Å². The van der Waals surface area contributed by atoms with Crippen LogP contribution >= 0.6 is 0 Å². The Bertz CT molecular complexity index is 763. The van der Waals surface area contributed by atoms with Crippen molar-refractivity contribution in [1.29, 1.82) is 0 Å². The number of allylic oxidation sites excluding steroid dienone is 1. The molecule has 0 aliphatic heterocycles. The van der Waals surface area contributed by atoms with Gasteiger partial charge < -0.3 is 9.47 Å². The molecule has 6 aliphatic rings. The van der Waals surface area contributed by atoms with Gasteiger partial charge in [-0.05, 0) is 54.4 Å². The van der Waals surface area contributed by atoms with E-state index in [2.05, 4.69) is 47.6 Å². The molecule has 0 saturated heterocycles. The van der Waals surface area contributed by atoms with E-state index in [1.165, 1.54) is 19.4 Å². The SMILES string of the molecule is CC(=O)OC1CC(C)C2(C3=CC4CC(C3(C)OC(C)=O)C4(C)C)CC1C2(C)C. The minimum atomic E-state index is -0.547. The van der Waals surface area contributed by atoms with Crippen molar-refractivity contribution in [2.24, 2.45) is 39.9 Å². The van der Waals surface area contributed by atoms with Crippen LogP contribution in [0.3, 0.4) is 0 Å². The lowest BCUT2D eigenvalue weighted by Gasteiger charge is -2.75. The standard InChI is InChI=1S/C24H36O4/c1-13-9-18(27-14(2)25)17-12-24(13,22(17,6)7)20-11-16-10-19(21(16,4)5)23(20,8)28-15(3)26/h11,13,16-19H,9-10,12H2,1-8H3. The molecule has 0 N–H and O–H groups in total. The van der Waals surface area contributed by atoms with Crippen molar-refractivity contribution in [2.45, 2.75) is 86.4 Å². The van der Waals surface area contributed by atoms with E-state index in [1.807, 2.05) is 0 Å². The van der Waals surface area contributed by atoms with Gasteiger partial charge in [0.25, 0.3) is 0 Å². The minimum Gasteiger partial charge on any atom is -0.462 e. The van der Waals surface area contributed by atoms with Gasteiger partial charge in [0.15, 0.2) is 0 Å². The zero-order valence-electron chi connectivity index (χ0n) is 18.7. The van der Waals surface area contributed by atoms with Crippen LogP contribution in [-0.4, -0.2) is 23.6 Å². The summed E-state index contributed by atoms with van der Waals surface area (Å²) < 4.78 is 11.9. The molecule has 0 heterocycles. The van der Waals surface area contributed by atoms with Crippen molar-refractivity contribution in [3.63, 3.8) is 0 Å². The largest absolute Gasteiger partial charge is 0.462 e. The van der Waals surface area contributed by atoms with Gasteiger partial charge in [0.05, 0.1) is 0 Å². The molecule has 6 rings (SSSR count). The second-order valence-corrected chi connectivity index (χ2v) is 11.3. The van der Waals surface area contributed by atoms with Crippen LogP contribution in [0.15, 0.2) is 11.6 Å². The molecule has 4 saturated carbocycles. The van der Waals surface area contributed by atoms with E-state index in [-0.39, 0.29) is 34.3 Å². The lowest BCUT2D eigenvalue weighted by molar-refractivity contribution is -0.253. The Morgan fingerprint density at radius 2 is 1.68 bits per heavy atom. The zero-order valence-corrected chi connectivity index (χ0v) is 18.7. The smallest absolute Gasteiger partial charge is 0.303 e. The third-order valence-electron chi connectivity index (χ3n) is 9.56. The Morgan fingerprint density at radius 1 is 1.04 bits per heavy atom. The van der Waals surface area contributed by atoms with Crippen molar-refractivity contribution >= 4 is 11.9 Å². The van der Waals surface area contributed by atoms with E-state index in [1.54, 1.807) is 0 Å². The maximum Gasteiger partial charge on any atom is 0.303 e. The molecule has 4 fully saturated rings. The van der Waals surface area contributed by atoms with Gasteiger partial charge in [-0.1, -0.05) is 40.7 Å². The number of ether oxygens (including phenoxy) is 2. The van der Waals surface area contributed by atoms with Gasteiger partial charge in [0, 0.05) is 31.1 Å². The first-order valence-electron chi connectivity index (χ1n) is 10.9. The van der Waals surface area contributed by atoms with Crippen LogP contribution in [0.5, 0.6) is 0 Å². The first kappa shape index (κ1) is 20.0. The molecule has 0 amide bonds. The Balaban J connectivity index is 1.78. The van der Waals surface area contributed by atoms with E-state index in [9.17, 15) is 9.59 Å². The van der Waals surface area contributed by atoms with Crippen molar-refractivity contribution in [3.8, 4) is 0 Å². The summed E-state index contributed by atoms with van der Waals surface area (Å²) in [6.45, 7) is 16.8. The molecule has 28 heavy (non-hydrogen) atoms. The summed E-state index contributed by atoms with van der Waals surface area (Å²) in [4.78, 5) is 23.8. The molecule has 0 spiro atoms. The number of carbonyl (C=O) groups excluding carboxylic acids is 2. The minimum absolute atomic E-state index is 0.000442. The summed E-state index contributed by atoms with van der Waals surface area (Å²) in [6.07, 6.45) is 5.48. The number of rotatable bonds is 3. The number of esters is 2. The number of hydrogen-bond acceptors (Lipinski definition) is 4. The van der Waals surface area contributed by atoms with E-state index in [0.29, 0.717) is 23.7 Å². The third-order valence-corrected chi connectivity index (χ3v) is 9.56. The van der Waals surface area contributed by atoms with E-state index in [4.69, 9.17) is 9.47 Å². The molecule has 0 aromatic rings. The van der Waals surface area contributed by atoms with Crippen LogP contribution in [0, 0.1) is 39.9 Å². The summed E-state index contributed by atoms with van der Waals surface area (Å²) >= 11 is 0. The predicted octanol–water partition coefficient (Wildman–Crippen LogP) is 4.91. The molecular weight excluding hydrogens is 352 g/mol. The van der Waals surface area contributed by atoms with Gasteiger partial charge >= 0.3 is 11.9 Å². The maximum atomic E-state index is 12.1. The highest BCUT2D eigenvalue weighted by Gasteiger charge is 2.75. The van der Waals surface area contributed by atoms with Crippen LogP contribution in [-0.2, 0) is 19.1 Å². The van der Waals surface area contributed by atoms with Gasteiger partial charge in [0.1, 0.15) is 11.7 Å². The normalized spacial score (nSPS) is 47.1. The van der Waals surface area contributed by atoms with Crippen LogP contribution in [0.4, 0.5) is 0 Å². The predicted molar refractivity (Wildman–Crippen MR) is 107 cm³/mol. The van der Waals surface area contributed by atoms with E-state index >= 15 is 0 Å². The van der Waals surface area contributed by atoms with E-state index in [0.717, 1.165) is 19.3 Å². The third kappa shape index (κ3) is 2.18. The molecule has 4 bridgehead atoms. The second-order valence-electron chi connectivity index (χ2n) is 11.3. The fourth-order valence-corrected chi connectivity index (χ4v) is 8.02. The topological polar surface area (TPSA) is 52.6 Å². The number of hydrogen-bond donors (Lipinski definition) is 0. The molecule has 7 atom stereocenters. The van der Waals surface area contributed by atoms with Crippen molar-refractivity contribution in [3.05, 3.63) is 11.6 Å². The van der Waals surface area contributed by atoms with Gasteiger partial charge in [0.2, 0.25) is 0 Å². The number of fused-ring (bicyclic) bond motifs is 3. The van der Waals surface area contributed by atoms with Crippen LogP contribution in [0.25, 0.3) is 0 Å². The summed E-state index contributed by atoms with van der Waals surface area (Å²) in [5.74, 6) is 1.27.